The predicted octanol–water partition coefficient (Wildman–Crippen LogP) is 4.72. The Hall–Kier alpha value is -3.56. The quantitative estimate of drug-likeness (QED) is 0.347. The summed E-state index contributed by atoms with van der Waals surface area (Å²) in [6.45, 7) is 3.84. The molecule has 0 radical (unpaired) electrons. The number of nitrogens with one attached hydrogen (secondary N) is 3. The number of hydrogen-bond acceptors (Lipinski definition) is 4. The molecule has 0 aliphatic heterocycles. The fraction of sp³-hybridized carbons (Fsp3) is 0.481. The van der Waals surface area contributed by atoms with Gasteiger partial charge in [-0.25, -0.2) is 8.78 Å². The number of anilines is 1. The molecule has 8 nitrogen and oxygen atoms in total. The number of rotatable bonds is 11. The normalized spacial score (nSPS) is 16.3. The first kappa shape index (κ1) is 25.1. The lowest BCUT2D eigenvalue weighted by molar-refractivity contribution is -0.119. The van der Waals surface area contributed by atoms with Gasteiger partial charge >= 0.3 is 0 Å². The summed E-state index contributed by atoms with van der Waals surface area (Å²) in [4.78, 5) is 26.8. The third-order valence-corrected chi connectivity index (χ3v) is 7.36. The fourth-order valence-corrected chi connectivity index (χ4v) is 5.28. The summed E-state index contributed by atoms with van der Waals surface area (Å²) < 4.78 is 26.7. The molecule has 5 rings (SSSR count). The molecule has 1 atom stereocenters. The van der Waals surface area contributed by atoms with E-state index in [1.54, 1.807) is 0 Å². The number of hydrogen-bond donors (Lipinski definition) is 3. The minimum atomic E-state index is -2.49. The monoisotopic (exact) mass is 510 g/mol. The van der Waals surface area contributed by atoms with Crippen molar-refractivity contribution in [2.45, 2.75) is 65.0 Å². The van der Waals surface area contributed by atoms with Gasteiger partial charge in [0.2, 0.25) is 12.3 Å². The van der Waals surface area contributed by atoms with Gasteiger partial charge in [0.1, 0.15) is 11.7 Å². The minimum Gasteiger partial charge on any atom is -0.339 e. The first-order chi connectivity index (χ1) is 17.8. The molecule has 3 aromatic rings. The zero-order valence-corrected chi connectivity index (χ0v) is 21.0. The van der Waals surface area contributed by atoms with E-state index in [9.17, 15) is 18.4 Å². The summed E-state index contributed by atoms with van der Waals surface area (Å²) in [6.07, 6.45) is 2.72. The second-order valence-electron chi connectivity index (χ2n) is 10.2. The van der Waals surface area contributed by atoms with E-state index in [4.69, 9.17) is 0 Å². The summed E-state index contributed by atoms with van der Waals surface area (Å²) in [5, 5.41) is 17.2. The van der Waals surface area contributed by atoms with E-state index in [0.29, 0.717) is 17.5 Å². The molecular weight excluding hydrogens is 478 g/mol. The van der Waals surface area contributed by atoms with Crippen LogP contribution in [0.4, 0.5) is 14.5 Å². The van der Waals surface area contributed by atoms with Crippen molar-refractivity contribution in [2.75, 3.05) is 5.32 Å². The standard InChI is InChI=1S/C27H32F2N6O2/c1-15-23(16(2)34-33-15)17-7-9-20(10-8-17)31-27(37)25(24(18-3-4-18)19-5-6-19)32-26(36)21-11-13-30-35(21)14-12-22(28)29/h7-11,13,18-19,22,24-25H,3-6,12,14H2,1-2H3,(H,31,37)(H,32,36)(H,33,34)/t25-/m0/s1. The van der Waals surface area contributed by atoms with Gasteiger partial charge < -0.3 is 10.6 Å². The Bertz CT molecular complexity index is 1230. The summed E-state index contributed by atoms with van der Waals surface area (Å²) in [7, 11) is 0. The molecule has 2 fully saturated rings. The van der Waals surface area contributed by atoms with Crippen LogP contribution in [0.2, 0.25) is 0 Å². The third-order valence-electron chi connectivity index (χ3n) is 7.36. The molecule has 0 saturated heterocycles. The second-order valence-corrected chi connectivity index (χ2v) is 10.2. The topological polar surface area (TPSA) is 105 Å². The minimum absolute atomic E-state index is 0.0527. The molecule has 0 unspecified atom stereocenters. The van der Waals surface area contributed by atoms with Gasteiger partial charge in [-0.3, -0.25) is 19.4 Å². The highest BCUT2D eigenvalue weighted by atomic mass is 19.3. The van der Waals surface area contributed by atoms with Crippen LogP contribution >= 0.6 is 0 Å². The van der Waals surface area contributed by atoms with E-state index in [1.165, 1.54) is 16.9 Å². The fourth-order valence-electron chi connectivity index (χ4n) is 5.28. The molecule has 0 bridgehead atoms. The number of H-pyrrole nitrogens is 1. The Balaban J connectivity index is 1.33. The molecule has 2 aliphatic rings. The molecule has 2 aliphatic carbocycles. The van der Waals surface area contributed by atoms with E-state index in [2.05, 4.69) is 25.9 Å². The van der Waals surface area contributed by atoms with E-state index in [-0.39, 0.29) is 24.1 Å². The van der Waals surface area contributed by atoms with Crippen molar-refractivity contribution >= 4 is 17.5 Å². The Morgan fingerprint density at radius 2 is 1.76 bits per heavy atom. The van der Waals surface area contributed by atoms with E-state index in [0.717, 1.165) is 48.2 Å². The van der Waals surface area contributed by atoms with Crippen molar-refractivity contribution in [3.05, 3.63) is 53.6 Å². The largest absolute Gasteiger partial charge is 0.339 e. The molecule has 10 heteroatoms. The molecule has 2 amide bonds. The highest BCUT2D eigenvalue weighted by molar-refractivity contribution is 6.01. The Morgan fingerprint density at radius 1 is 1.08 bits per heavy atom. The molecular formula is C27H32F2N6O2. The van der Waals surface area contributed by atoms with Gasteiger partial charge in [0.05, 0.1) is 5.69 Å². The van der Waals surface area contributed by atoms with Crippen LogP contribution in [0.25, 0.3) is 11.1 Å². The first-order valence-corrected chi connectivity index (χ1v) is 12.9. The zero-order valence-electron chi connectivity index (χ0n) is 21.0. The van der Waals surface area contributed by atoms with Gasteiger partial charge in [0.25, 0.3) is 5.91 Å². The Morgan fingerprint density at radius 3 is 2.32 bits per heavy atom. The lowest BCUT2D eigenvalue weighted by Crippen LogP contribution is -2.50. The number of amides is 2. The Kier molecular flexibility index (Phi) is 7.08. The van der Waals surface area contributed by atoms with E-state index in [1.807, 2.05) is 38.1 Å². The number of aryl methyl sites for hydroxylation is 3. The average Bonchev–Trinajstić information content (AvgIpc) is 3.80. The zero-order chi connectivity index (χ0) is 26.1. The summed E-state index contributed by atoms with van der Waals surface area (Å²) in [6, 6.07) is 8.35. The van der Waals surface area contributed by atoms with Gasteiger partial charge in [-0.15, -0.1) is 0 Å². The van der Waals surface area contributed by atoms with Gasteiger partial charge in [-0.2, -0.15) is 10.2 Å². The molecule has 1 aromatic carbocycles. The summed E-state index contributed by atoms with van der Waals surface area (Å²) in [5.41, 5.74) is 4.73. The van der Waals surface area contributed by atoms with Crippen molar-refractivity contribution in [3.63, 3.8) is 0 Å². The van der Waals surface area contributed by atoms with Crippen molar-refractivity contribution in [1.82, 2.24) is 25.3 Å². The molecule has 3 N–H and O–H groups in total. The summed E-state index contributed by atoms with van der Waals surface area (Å²) in [5.74, 6) is 0.124. The Labute approximate surface area is 214 Å². The van der Waals surface area contributed by atoms with Crippen LogP contribution < -0.4 is 10.6 Å². The van der Waals surface area contributed by atoms with Crippen molar-refractivity contribution < 1.29 is 18.4 Å². The lowest BCUT2D eigenvalue weighted by Gasteiger charge is -2.27. The number of aromatic nitrogens is 4. The van der Waals surface area contributed by atoms with Gasteiger partial charge in [0, 0.05) is 36.1 Å². The van der Waals surface area contributed by atoms with Crippen LogP contribution in [-0.4, -0.2) is 44.3 Å². The molecule has 0 spiro atoms. The van der Waals surface area contributed by atoms with Crippen LogP contribution in [0.15, 0.2) is 36.5 Å². The highest BCUT2D eigenvalue weighted by Crippen LogP contribution is 2.51. The summed E-state index contributed by atoms with van der Waals surface area (Å²) >= 11 is 0. The average molecular weight is 511 g/mol. The maximum Gasteiger partial charge on any atom is 0.270 e. The maximum atomic E-state index is 13.6. The van der Waals surface area contributed by atoms with Crippen molar-refractivity contribution in [2.24, 2.45) is 17.8 Å². The van der Waals surface area contributed by atoms with Crippen LogP contribution in [0.3, 0.4) is 0 Å². The molecule has 2 aromatic heterocycles. The second kappa shape index (κ2) is 10.4. The maximum absolute atomic E-state index is 13.6. The smallest absolute Gasteiger partial charge is 0.270 e. The van der Waals surface area contributed by atoms with Crippen molar-refractivity contribution in [3.8, 4) is 11.1 Å². The third kappa shape index (κ3) is 5.73. The van der Waals surface area contributed by atoms with Gasteiger partial charge in [-0.1, -0.05) is 12.1 Å². The number of benzene rings is 1. The number of alkyl halides is 2. The number of carbonyl (C=O) groups is 2. The van der Waals surface area contributed by atoms with E-state index < -0.39 is 24.8 Å². The van der Waals surface area contributed by atoms with E-state index >= 15 is 0 Å². The molecule has 196 valence electrons. The van der Waals surface area contributed by atoms with Crippen LogP contribution in [0.5, 0.6) is 0 Å². The predicted molar refractivity (Wildman–Crippen MR) is 135 cm³/mol. The van der Waals surface area contributed by atoms with Crippen LogP contribution in [0, 0.1) is 31.6 Å². The van der Waals surface area contributed by atoms with Crippen LogP contribution in [0.1, 0.15) is 54.0 Å². The molecule has 37 heavy (non-hydrogen) atoms. The lowest BCUT2D eigenvalue weighted by atomic mass is 9.88. The highest BCUT2D eigenvalue weighted by Gasteiger charge is 2.48. The van der Waals surface area contributed by atoms with Crippen LogP contribution in [-0.2, 0) is 11.3 Å². The van der Waals surface area contributed by atoms with Gasteiger partial charge in [0.15, 0.2) is 0 Å². The van der Waals surface area contributed by atoms with Gasteiger partial charge in [-0.05, 0) is 81.0 Å². The number of aromatic amines is 1. The number of halogens is 2. The molecule has 2 heterocycles. The SMILES string of the molecule is Cc1n[nH]c(C)c1-c1ccc(NC(=O)[C@@H](NC(=O)c2ccnn2CCC(F)F)C(C2CC2)C2CC2)cc1. The number of carbonyl (C=O) groups excluding carboxylic acids is 2. The molecule has 2 saturated carbocycles. The van der Waals surface area contributed by atoms with Crippen molar-refractivity contribution in [1.29, 1.82) is 0 Å². The first-order valence-electron chi connectivity index (χ1n) is 12.9. The number of nitrogens with zero attached hydrogens (tertiary/aromatic N) is 3.